The molecule has 3 N–H and O–H groups in total. The first-order valence-electron chi connectivity index (χ1n) is 11.0. The third-order valence-corrected chi connectivity index (χ3v) is 5.96. The number of alkyl halides is 3. The molecule has 0 amide bonds. The van der Waals surface area contributed by atoms with E-state index in [0.29, 0.717) is 30.1 Å². The number of hydrogen-bond donors (Lipinski definition) is 3. The van der Waals surface area contributed by atoms with Crippen LogP contribution in [0.5, 0.6) is 0 Å². The fraction of sp³-hybridized carbons (Fsp3) is 0.304. The Morgan fingerprint density at radius 1 is 1.31 bits per heavy atom. The smallest absolute Gasteiger partial charge is 0.392 e. The van der Waals surface area contributed by atoms with Gasteiger partial charge in [-0.15, -0.1) is 0 Å². The summed E-state index contributed by atoms with van der Waals surface area (Å²) >= 11 is 0. The van der Waals surface area contributed by atoms with Gasteiger partial charge in [0, 0.05) is 66.4 Å². The van der Waals surface area contributed by atoms with Crippen LogP contribution in [0.1, 0.15) is 28.0 Å². The second-order valence-corrected chi connectivity index (χ2v) is 8.51. The highest BCUT2D eigenvalue weighted by atomic mass is 19.4. The number of carbonyl (C=O) groups excluding carboxylic acids is 1. The van der Waals surface area contributed by atoms with Gasteiger partial charge in [0.15, 0.2) is 5.82 Å². The van der Waals surface area contributed by atoms with Gasteiger partial charge in [-0.3, -0.25) is 9.69 Å². The number of likely N-dealkylation sites (tertiary alicyclic amines) is 1. The van der Waals surface area contributed by atoms with Gasteiger partial charge in [-0.05, 0) is 31.5 Å². The number of aliphatic hydroxyl groups excluding tert-OH is 1. The summed E-state index contributed by atoms with van der Waals surface area (Å²) in [5.74, 6) is -1.18. The SMILES string of the molecule is Cc1nn(-c2ccnc(Nc3ccc4[nH]cc(C(=O)C(F)(F)F)c4c3)n2)cc1CN1CCC(O)C1. The van der Waals surface area contributed by atoms with Gasteiger partial charge in [0.05, 0.1) is 17.4 Å². The molecule has 4 heterocycles. The molecule has 1 saturated heterocycles. The predicted octanol–water partition coefficient (Wildman–Crippen LogP) is 3.51. The molecule has 0 aliphatic carbocycles. The van der Waals surface area contributed by atoms with E-state index in [1.165, 1.54) is 6.07 Å². The van der Waals surface area contributed by atoms with E-state index in [4.69, 9.17) is 0 Å². The average Bonchev–Trinajstić information content (AvgIpc) is 3.52. The first kappa shape index (κ1) is 23.0. The minimum Gasteiger partial charge on any atom is -0.392 e. The maximum atomic E-state index is 12.9. The first-order valence-corrected chi connectivity index (χ1v) is 11.0. The summed E-state index contributed by atoms with van der Waals surface area (Å²) in [6.45, 7) is 4.04. The van der Waals surface area contributed by atoms with Crippen molar-refractivity contribution in [2.75, 3.05) is 18.4 Å². The lowest BCUT2D eigenvalue weighted by Gasteiger charge is -2.13. The van der Waals surface area contributed by atoms with Crippen LogP contribution in [-0.4, -0.2) is 65.9 Å². The number of aromatic amines is 1. The number of benzene rings is 1. The van der Waals surface area contributed by atoms with Crippen molar-refractivity contribution in [1.82, 2.24) is 29.6 Å². The maximum absolute atomic E-state index is 12.9. The molecule has 0 saturated carbocycles. The summed E-state index contributed by atoms with van der Waals surface area (Å²) in [5, 5.41) is 17.4. The number of ketones is 1. The third-order valence-electron chi connectivity index (χ3n) is 5.96. The van der Waals surface area contributed by atoms with Crippen LogP contribution >= 0.6 is 0 Å². The molecule has 1 fully saturated rings. The van der Waals surface area contributed by atoms with E-state index < -0.39 is 17.5 Å². The Bertz CT molecular complexity index is 1400. The zero-order valence-corrected chi connectivity index (χ0v) is 18.7. The molecule has 4 aromatic rings. The average molecular weight is 485 g/mol. The summed E-state index contributed by atoms with van der Waals surface area (Å²) in [7, 11) is 0. The molecule has 12 heteroatoms. The fourth-order valence-corrected chi connectivity index (χ4v) is 4.17. The minimum atomic E-state index is -4.97. The molecule has 1 unspecified atom stereocenters. The molecule has 5 rings (SSSR count). The largest absolute Gasteiger partial charge is 0.454 e. The van der Waals surface area contributed by atoms with Crippen molar-refractivity contribution in [3.05, 3.63) is 59.7 Å². The Morgan fingerprint density at radius 3 is 2.89 bits per heavy atom. The quantitative estimate of drug-likeness (QED) is 0.359. The lowest BCUT2D eigenvalue weighted by Crippen LogP contribution is -2.22. The van der Waals surface area contributed by atoms with Gasteiger partial charge in [-0.1, -0.05) is 0 Å². The number of nitrogens with zero attached hydrogens (tertiary/aromatic N) is 5. The Balaban J connectivity index is 1.37. The third kappa shape index (κ3) is 4.75. The van der Waals surface area contributed by atoms with Gasteiger partial charge in [0.1, 0.15) is 0 Å². The van der Waals surface area contributed by atoms with Crippen molar-refractivity contribution in [2.45, 2.75) is 32.2 Å². The Hall–Kier alpha value is -3.77. The monoisotopic (exact) mass is 485 g/mol. The molecule has 0 spiro atoms. The number of halogens is 3. The molecule has 9 nitrogen and oxygen atoms in total. The van der Waals surface area contributed by atoms with Gasteiger partial charge in [0.2, 0.25) is 5.95 Å². The van der Waals surface area contributed by atoms with Gasteiger partial charge in [-0.25, -0.2) is 9.67 Å². The highest BCUT2D eigenvalue weighted by Gasteiger charge is 2.40. The summed E-state index contributed by atoms with van der Waals surface area (Å²) in [5.41, 5.74) is 2.25. The molecular weight excluding hydrogens is 463 g/mol. The number of aromatic nitrogens is 5. The van der Waals surface area contributed by atoms with Crippen molar-refractivity contribution in [3.63, 3.8) is 0 Å². The van der Waals surface area contributed by atoms with Crippen LogP contribution in [0.4, 0.5) is 24.8 Å². The number of aliphatic hydroxyl groups is 1. The van der Waals surface area contributed by atoms with Crippen LogP contribution in [0.2, 0.25) is 0 Å². The minimum absolute atomic E-state index is 0.146. The van der Waals surface area contributed by atoms with Gasteiger partial charge < -0.3 is 15.4 Å². The highest BCUT2D eigenvalue weighted by Crippen LogP contribution is 2.29. The number of aryl methyl sites for hydroxylation is 1. The van der Waals surface area contributed by atoms with E-state index in [1.807, 2.05) is 13.1 Å². The van der Waals surface area contributed by atoms with Crippen LogP contribution < -0.4 is 5.32 Å². The molecule has 35 heavy (non-hydrogen) atoms. The standard InChI is InChI=1S/C23H22F3N7O2/c1-13-14(10-32-7-5-16(34)12-32)11-33(31-13)20-4-6-27-22(30-20)29-15-2-3-19-17(8-15)18(9-28-19)21(35)23(24,25)26/h2-4,6,8-9,11,16,28,34H,5,7,10,12H2,1H3,(H,27,29,30). The molecular formula is C23H22F3N7O2. The van der Waals surface area contributed by atoms with E-state index in [9.17, 15) is 23.1 Å². The van der Waals surface area contributed by atoms with Gasteiger partial charge >= 0.3 is 6.18 Å². The summed E-state index contributed by atoms with van der Waals surface area (Å²) in [4.78, 5) is 25.3. The Morgan fingerprint density at radius 2 is 2.14 bits per heavy atom. The predicted molar refractivity (Wildman–Crippen MR) is 122 cm³/mol. The molecule has 0 radical (unpaired) electrons. The van der Waals surface area contributed by atoms with Crippen LogP contribution in [0.25, 0.3) is 16.7 Å². The first-order chi connectivity index (χ1) is 16.7. The van der Waals surface area contributed by atoms with E-state index in [1.54, 1.807) is 29.1 Å². The molecule has 1 aliphatic heterocycles. The molecule has 1 aromatic carbocycles. The van der Waals surface area contributed by atoms with Gasteiger partial charge in [-0.2, -0.15) is 23.3 Å². The number of H-pyrrole nitrogens is 1. The molecule has 1 aliphatic rings. The van der Waals surface area contributed by atoms with Crippen LogP contribution in [0, 0.1) is 6.92 Å². The van der Waals surface area contributed by atoms with Crippen molar-refractivity contribution in [1.29, 1.82) is 0 Å². The second kappa shape index (κ2) is 8.78. The number of anilines is 2. The normalized spacial score (nSPS) is 16.8. The summed E-state index contributed by atoms with van der Waals surface area (Å²) in [6, 6.07) is 6.36. The maximum Gasteiger partial charge on any atom is 0.454 e. The number of hydrogen-bond acceptors (Lipinski definition) is 7. The van der Waals surface area contributed by atoms with Crippen molar-refractivity contribution in [2.24, 2.45) is 0 Å². The number of fused-ring (bicyclic) bond motifs is 1. The van der Waals surface area contributed by atoms with E-state index >= 15 is 0 Å². The highest BCUT2D eigenvalue weighted by molar-refractivity contribution is 6.11. The second-order valence-electron chi connectivity index (χ2n) is 8.51. The number of nitrogens with one attached hydrogen (secondary N) is 2. The molecule has 3 aromatic heterocycles. The Kier molecular flexibility index (Phi) is 5.77. The molecule has 1 atom stereocenters. The van der Waals surface area contributed by atoms with E-state index in [-0.39, 0.29) is 17.4 Å². The van der Waals surface area contributed by atoms with Crippen molar-refractivity contribution >= 4 is 28.3 Å². The number of β-amino-alcohol motifs (C(OH)–C–C–N with tert-alkyl or cyclic N) is 1. The topological polar surface area (TPSA) is 112 Å². The number of Topliss-reactive ketones (excluding diaryl/α,β-unsaturated/α-hetero) is 1. The van der Waals surface area contributed by atoms with Crippen molar-refractivity contribution in [3.8, 4) is 5.82 Å². The molecule has 0 bridgehead atoms. The number of carbonyl (C=O) groups is 1. The van der Waals surface area contributed by atoms with E-state index in [0.717, 1.165) is 30.4 Å². The zero-order valence-electron chi connectivity index (χ0n) is 18.7. The summed E-state index contributed by atoms with van der Waals surface area (Å²) < 4.78 is 40.4. The lowest BCUT2D eigenvalue weighted by atomic mass is 10.1. The fourth-order valence-electron chi connectivity index (χ4n) is 4.17. The Labute approximate surface area is 197 Å². The molecule has 182 valence electrons. The van der Waals surface area contributed by atoms with Gasteiger partial charge in [0.25, 0.3) is 5.78 Å². The van der Waals surface area contributed by atoms with Crippen molar-refractivity contribution < 1.29 is 23.1 Å². The van der Waals surface area contributed by atoms with Crippen LogP contribution in [0.15, 0.2) is 42.9 Å². The summed E-state index contributed by atoms with van der Waals surface area (Å²) in [6.07, 6.45) is -0.0191. The van der Waals surface area contributed by atoms with Crippen LogP contribution in [-0.2, 0) is 6.54 Å². The lowest BCUT2D eigenvalue weighted by molar-refractivity contribution is -0.0884. The zero-order chi connectivity index (χ0) is 24.7. The number of rotatable bonds is 6. The van der Waals surface area contributed by atoms with Crippen LogP contribution in [0.3, 0.4) is 0 Å². The van der Waals surface area contributed by atoms with E-state index in [2.05, 4.69) is 30.3 Å².